The lowest BCUT2D eigenvalue weighted by Crippen LogP contribution is -2.28. The molecule has 1 rings (SSSR count). The molecule has 100 valence electrons. The van der Waals surface area contributed by atoms with Gasteiger partial charge in [-0.3, -0.25) is 4.79 Å². The second kappa shape index (κ2) is 6.89. The molecular weight excluding hydrogens is 226 g/mol. The molecule has 18 heavy (non-hydrogen) atoms. The van der Waals surface area contributed by atoms with Gasteiger partial charge >= 0.3 is 0 Å². The number of hydrogen-bond donors (Lipinski definition) is 3. The Kier molecular flexibility index (Phi) is 5.49. The Labute approximate surface area is 109 Å². The molecule has 4 N–H and O–H groups in total. The number of nitrogens with one attached hydrogen (secondary N) is 2. The van der Waals surface area contributed by atoms with Gasteiger partial charge in [-0.15, -0.1) is 0 Å². The van der Waals surface area contributed by atoms with Crippen molar-refractivity contribution >= 4 is 17.3 Å². The molecule has 0 saturated heterocycles. The zero-order valence-corrected chi connectivity index (χ0v) is 11.4. The predicted octanol–water partition coefficient (Wildman–Crippen LogP) is 2.15. The van der Waals surface area contributed by atoms with Crippen LogP contribution in [0.4, 0.5) is 11.4 Å². The van der Waals surface area contributed by atoms with E-state index in [4.69, 9.17) is 5.73 Å². The van der Waals surface area contributed by atoms with Crippen molar-refractivity contribution in [3.8, 4) is 0 Å². The van der Waals surface area contributed by atoms with Crippen LogP contribution in [0, 0.1) is 12.8 Å². The number of para-hydroxylation sites is 1. The van der Waals surface area contributed by atoms with Gasteiger partial charge in [-0.05, 0) is 24.5 Å². The fraction of sp³-hybridized carbons (Fsp3) is 0.500. The summed E-state index contributed by atoms with van der Waals surface area (Å²) >= 11 is 0. The van der Waals surface area contributed by atoms with Crippen LogP contribution in [0.25, 0.3) is 0 Å². The van der Waals surface area contributed by atoms with Gasteiger partial charge in [-0.2, -0.15) is 0 Å². The Morgan fingerprint density at radius 1 is 1.39 bits per heavy atom. The molecule has 0 bridgehead atoms. The molecule has 1 aromatic rings. The highest BCUT2D eigenvalue weighted by molar-refractivity contribution is 5.77. The van der Waals surface area contributed by atoms with E-state index >= 15 is 0 Å². The molecular formula is C14H23N3O. The summed E-state index contributed by atoms with van der Waals surface area (Å²) in [6.45, 7) is 7.47. The van der Waals surface area contributed by atoms with Crippen LogP contribution >= 0.6 is 0 Å². The number of rotatable bonds is 6. The molecule has 0 aliphatic carbocycles. The topological polar surface area (TPSA) is 67.1 Å². The Balaban J connectivity index is 2.35. The molecule has 0 aliphatic heterocycles. The summed E-state index contributed by atoms with van der Waals surface area (Å²) in [5.74, 6) is 0.553. The Hall–Kier alpha value is -1.71. The fourth-order valence-electron chi connectivity index (χ4n) is 1.64. The van der Waals surface area contributed by atoms with Crippen molar-refractivity contribution < 1.29 is 4.79 Å². The molecule has 4 nitrogen and oxygen atoms in total. The first-order chi connectivity index (χ1) is 8.50. The highest BCUT2D eigenvalue weighted by atomic mass is 16.1. The zero-order chi connectivity index (χ0) is 13.5. The van der Waals surface area contributed by atoms with Crippen LogP contribution in [0.2, 0.25) is 0 Å². The first kappa shape index (κ1) is 14.4. The average molecular weight is 249 g/mol. The normalized spacial score (nSPS) is 10.4. The second-order valence-corrected chi connectivity index (χ2v) is 4.91. The molecule has 0 heterocycles. The van der Waals surface area contributed by atoms with Crippen LogP contribution < -0.4 is 16.4 Å². The first-order valence-corrected chi connectivity index (χ1v) is 6.36. The van der Waals surface area contributed by atoms with Gasteiger partial charge in [0.2, 0.25) is 5.91 Å². The summed E-state index contributed by atoms with van der Waals surface area (Å²) in [4.78, 5) is 11.5. The van der Waals surface area contributed by atoms with Gasteiger partial charge < -0.3 is 16.4 Å². The number of aryl methyl sites for hydroxylation is 1. The third-order valence-corrected chi connectivity index (χ3v) is 2.67. The van der Waals surface area contributed by atoms with Gasteiger partial charge in [-0.25, -0.2) is 0 Å². The zero-order valence-electron chi connectivity index (χ0n) is 11.4. The summed E-state index contributed by atoms with van der Waals surface area (Å²) in [5.41, 5.74) is 8.61. The van der Waals surface area contributed by atoms with Crippen molar-refractivity contribution in [2.45, 2.75) is 27.2 Å². The first-order valence-electron chi connectivity index (χ1n) is 6.36. The van der Waals surface area contributed by atoms with E-state index in [1.165, 1.54) is 0 Å². The lowest BCUT2D eigenvalue weighted by molar-refractivity contribution is -0.120. The lowest BCUT2D eigenvalue weighted by Gasteiger charge is -2.12. The fourth-order valence-corrected chi connectivity index (χ4v) is 1.64. The SMILES string of the molecule is Cc1cccc(N)c1NCCC(=O)NCC(C)C. The molecule has 0 aromatic heterocycles. The standard InChI is InChI=1S/C14H23N3O/c1-10(2)9-17-13(18)7-8-16-14-11(3)5-4-6-12(14)15/h4-6,10,16H,7-9,15H2,1-3H3,(H,17,18). The highest BCUT2D eigenvalue weighted by Gasteiger charge is 2.04. The van der Waals surface area contributed by atoms with Crippen LogP contribution in [0.3, 0.4) is 0 Å². The summed E-state index contributed by atoms with van der Waals surface area (Å²) in [6, 6.07) is 5.77. The van der Waals surface area contributed by atoms with E-state index in [0.717, 1.165) is 23.5 Å². The van der Waals surface area contributed by atoms with Crippen molar-refractivity contribution in [3.63, 3.8) is 0 Å². The number of carbonyl (C=O) groups excluding carboxylic acids is 1. The molecule has 1 amide bonds. The molecule has 0 atom stereocenters. The minimum absolute atomic E-state index is 0.0726. The third-order valence-electron chi connectivity index (χ3n) is 2.67. The number of benzene rings is 1. The highest BCUT2D eigenvalue weighted by Crippen LogP contribution is 2.22. The third kappa shape index (κ3) is 4.65. The van der Waals surface area contributed by atoms with E-state index in [2.05, 4.69) is 24.5 Å². The molecule has 4 heteroatoms. The smallest absolute Gasteiger partial charge is 0.221 e. The number of nitrogens with two attached hydrogens (primary N) is 1. The van der Waals surface area contributed by atoms with E-state index in [9.17, 15) is 4.79 Å². The van der Waals surface area contributed by atoms with Gasteiger partial charge in [0.05, 0.1) is 11.4 Å². The Morgan fingerprint density at radius 2 is 2.11 bits per heavy atom. The summed E-state index contributed by atoms with van der Waals surface area (Å²) in [7, 11) is 0. The van der Waals surface area contributed by atoms with Crippen molar-refractivity contribution in [3.05, 3.63) is 23.8 Å². The number of nitrogen functional groups attached to an aromatic ring is 1. The molecule has 0 fully saturated rings. The predicted molar refractivity (Wildman–Crippen MR) is 76.5 cm³/mol. The van der Waals surface area contributed by atoms with Crippen LogP contribution in [-0.2, 0) is 4.79 Å². The van der Waals surface area contributed by atoms with Crippen LogP contribution in [0.15, 0.2) is 18.2 Å². The van der Waals surface area contributed by atoms with Gasteiger partial charge in [0, 0.05) is 19.5 Å². The summed E-state index contributed by atoms with van der Waals surface area (Å²) < 4.78 is 0. The van der Waals surface area contributed by atoms with Crippen molar-refractivity contribution in [1.82, 2.24) is 5.32 Å². The van der Waals surface area contributed by atoms with Crippen LogP contribution in [0.5, 0.6) is 0 Å². The van der Waals surface area contributed by atoms with Gasteiger partial charge in [0.25, 0.3) is 0 Å². The summed E-state index contributed by atoms with van der Waals surface area (Å²) in [6.07, 6.45) is 0.459. The number of anilines is 2. The second-order valence-electron chi connectivity index (χ2n) is 4.91. The molecule has 0 spiro atoms. The van der Waals surface area contributed by atoms with Crippen molar-refractivity contribution in [1.29, 1.82) is 0 Å². The van der Waals surface area contributed by atoms with E-state index in [0.29, 0.717) is 18.9 Å². The summed E-state index contributed by atoms with van der Waals surface area (Å²) in [5, 5.41) is 6.10. The number of hydrogen-bond acceptors (Lipinski definition) is 3. The van der Waals surface area contributed by atoms with E-state index < -0.39 is 0 Å². The largest absolute Gasteiger partial charge is 0.397 e. The van der Waals surface area contributed by atoms with Crippen molar-refractivity contribution in [2.75, 3.05) is 24.1 Å². The molecule has 1 aromatic carbocycles. The van der Waals surface area contributed by atoms with Gasteiger partial charge in [0.1, 0.15) is 0 Å². The minimum Gasteiger partial charge on any atom is -0.397 e. The number of carbonyl (C=O) groups is 1. The Morgan fingerprint density at radius 3 is 2.72 bits per heavy atom. The minimum atomic E-state index is 0.0726. The average Bonchev–Trinajstić information content (AvgIpc) is 2.30. The monoisotopic (exact) mass is 249 g/mol. The maximum Gasteiger partial charge on any atom is 0.221 e. The number of amides is 1. The van der Waals surface area contributed by atoms with E-state index in [1.807, 2.05) is 25.1 Å². The molecule has 0 radical (unpaired) electrons. The quantitative estimate of drug-likeness (QED) is 0.677. The molecule has 0 aliphatic rings. The lowest BCUT2D eigenvalue weighted by atomic mass is 10.1. The Bertz CT molecular complexity index is 382. The van der Waals surface area contributed by atoms with Crippen LogP contribution in [0.1, 0.15) is 25.8 Å². The van der Waals surface area contributed by atoms with Crippen molar-refractivity contribution in [2.24, 2.45) is 5.92 Å². The van der Waals surface area contributed by atoms with Gasteiger partial charge in [0.15, 0.2) is 0 Å². The molecule has 0 saturated carbocycles. The van der Waals surface area contributed by atoms with Crippen LogP contribution in [-0.4, -0.2) is 19.0 Å². The van der Waals surface area contributed by atoms with E-state index in [-0.39, 0.29) is 5.91 Å². The maximum absolute atomic E-state index is 11.5. The molecule has 0 unspecified atom stereocenters. The maximum atomic E-state index is 11.5. The van der Waals surface area contributed by atoms with Gasteiger partial charge in [-0.1, -0.05) is 26.0 Å². The van der Waals surface area contributed by atoms with E-state index in [1.54, 1.807) is 0 Å².